The van der Waals surface area contributed by atoms with Crippen molar-refractivity contribution in [3.8, 4) is 0 Å². The maximum atomic E-state index is 13.7. The SMILES string of the molecule is O=C(OCCC(F)(F)C(F)(F)C(F)(F)C(F)(F)C(F)(F)C(F)(F)C(F)(F)C(F)(F)F)[C@@H](O)[C@H]1O[C@@H](O)[C@H](O)[C@H]1O.[Na]. The van der Waals surface area contributed by atoms with Crippen LogP contribution in [0.15, 0.2) is 0 Å². The van der Waals surface area contributed by atoms with Gasteiger partial charge in [0.05, 0.1) is 13.0 Å². The first-order valence-electron chi connectivity index (χ1n) is 9.64. The zero-order valence-electron chi connectivity index (χ0n) is 19.2. The Kier molecular flexibility index (Phi) is 11.6. The first kappa shape index (κ1) is 40.1. The van der Waals surface area contributed by atoms with Crippen LogP contribution in [0.3, 0.4) is 0 Å². The van der Waals surface area contributed by atoms with E-state index in [1.807, 2.05) is 0 Å². The number of ether oxygens (including phenoxy) is 2. The van der Waals surface area contributed by atoms with Crippen LogP contribution in [-0.4, -0.2) is 141 Å². The molecule has 0 aliphatic carbocycles. The maximum absolute atomic E-state index is 13.7. The fourth-order valence-electron chi connectivity index (χ4n) is 2.80. The summed E-state index contributed by atoms with van der Waals surface area (Å²) in [6, 6.07) is 0. The van der Waals surface area contributed by atoms with Crippen LogP contribution < -0.4 is 0 Å². The Morgan fingerprint density at radius 1 is 0.659 bits per heavy atom. The first-order chi connectivity index (χ1) is 17.4. The molecule has 0 amide bonds. The Hall–Kier alpha value is -0.920. The van der Waals surface area contributed by atoms with Crippen molar-refractivity contribution in [3.05, 3.63) is 0 Å². The minimum Gasteiger partial charge on any atom is -0.463 e. The van der Waals surface area contributed by atoms with Gasteiger partial charge in [0.25, 0.3) is 0 Å². The molecule has 0 aromatic carbocycles. The number of hydrogen-bond donors (Lipinski definition) is 4. The molecule has 7 nitrogen and oxygen atoms in total. The summed E-state index contributed by atoms with van der Waals surface area (Å²) in [5.74, 6) is -60.0. The molecule has 1 heterocycles. The molecule has 1 aliphatic heterocycles. The number of esters is 1. The molecule has 1 saturated heterocycles. The van der Waals surface area contributed by atoms with Crippen LogP contribution in [-0.2, 0) is 14.3 Å². The molecule has 1 fully saturated rings. The fourth-order valence-corrected chi connectivity index (χ4v) is 2.80. The summed E-state index contributed by atoms with van der Waals surface area (Å²) in [4.78, 5) is 11.5. The summed E-state index contributed by atoms with van der Waals surface area (Å²) in [7, 11) is 0. The molecular formula is C16H13F17NaO7. The molecule has 25 heteroatoms. The topological polar surface area (TPSA) is 116 Å². The number of carbonyl (C=O) groups is 1. The summed E-state index contributed by atoms with van der Waals surface area (Å²) in [6.45, 7) is -2.34. The molecule has 4 N–H and O–H groups in total. The van der Waals surface area contributed by atoms with E-state index in [-0.39, 0.29) is 29.6 Å². The van der Waals surface area contributed by atoms with Crippen molar-refractivity contribution in [2.24, 2.45) is 0 Å². The van der Waals surface area contributed by atoms with Gasteiger partial charge in [-0.05, 0) is 0 Å². The second kappa shape index (κ2) is 11.9. The largest absolute Gasteiger partial charge is 0.463 e. The monoisotopic (exact) mass is 663 g/mol. The number of alkyl halides is 17. The molecule has 1 radical (unpaired) electrons. The average Bonchev–Trinajstić information content (AvgIpc) is 3.03. The minimum atomic E-state index is -8.78. The molecule has 41 heavy (non-hydrogen) atoms. The van der Waals surface area contributed by atoms with Crippen molar-refractivity contribution >= 4 is 35.5 Å². The van der Waals surface area contributed by atoms with Gasteiger partial charge in [-0.15, -0.1) is 0 Å². The van der Waals surface area contributed by atoms with Gasteiger partial charge in [-0.25, -0.2) is 4.79 Å². The van der Waals surface area contributed by atoms with Gasteiger partial charge in [-0.3, -0.25) is 0 Å². The second-order valence-corrected chi connectivity index (χ2v) is 7.98. The number of aliphatic hydroxyl groups is 4. The van der Waals surface area contributed by atoms with E-state index in [0.717, 1.165) is 0 Å². The molecule has 0 saturated carbocycles. The molecule has 0 bridgehead atoms. The molecule has 239 valence electrons. The van der Waals surface area contributed by atoms with E-state index < -0.39 is 97.3 Å². The van der Waals surface area contributed by atoms with Crippen LogP contribution in [0.25, 0.3) is 0 Å². The summed E-state index contributed by atoms with van der Waals surface area (Å²) in [5, 5.41) is 37.1. The normalized spacial score (nSPS) is 24.6. The van der Waals surface area contributed by atoms with Crippen molar-refractivity contribution in [3.63, 3.8) is 0 Å². The minimum absolute atomic E-state index is 0. The number of aliphatic hydroxyl groups excluding tert-OH is 4. The van der Waals surface area contributed by atoms with Crippen molar-refractivity contribution < 1.29 is 109 Å². The third kappa shape index (κ3) is 6.20. The predicted molar refractivity (Wildman–Crippen MR) is 90.9 cm³/mol. The average molecular weight is 663 g/mol. The van der Waals surface area contributed by atoms with E-state index in [1.54, 1.807) is 0 Å². The fraction of sp³-hybridized carbons (Fsp3) is 0.938. The molecular weight excluding hydrogens is 650 g/mol. The second-order valence-electron chi connectivity index (χ2n) is 7.98. The summed E-state index contributed by atoms with van der Waals surface area (Å²) in [6.07, 6.45) is -22.9. The van der Waals surface area contributed by atoms with Crippen molar-refractivity contribution in [1.82, 2.24) is 0 Å². The number of carbonyl (C=O) groups excluding carboxylic acids is 1. The first-order valence-corrected chi connectivity index (χ1v) is 9.64. The van der Waals surface area contributed by atoms with E-state index in [4.69, 9.17) is 5.11 Å². The molecule has 0 unspecified atom stereocenters. The van der Waals surface area contributed by atoms with Crippen LogP contribution in [0.4, 0.5) is 74.6 Å². The quantitative estimate of drug-likeness (QED) is 0.153. The van der Waals surface area contributed by atoms with Crippen LogP contribution in [0.1, 0.15) is 6.42 Å². The molecule has 5 atom stereocenters. The van der Waals surface area contributed by atoms with E-state index in [2.05, 4.69) is 9.47 Å². The van der Waals surface area contributed by atoms with Gasteiger partial charge in [-0.1, -0.05) is 0 Å². The van der Waals surface area contributed by atoms with Gasteiger partial charge >= 0.3 is 53.6 Å². The van der Waals surface area contributed by atoms with Crippen molar-refractivity contribution in [1.29, 1.82) is 0 Å². The Labute approximate surface area is 236 Å². The van der Waals surface area contributed by atoms with Gasteiger partial charge in [0, 0.05) is 29.6 Å². The van der Waals surface area contributed by atoms with Crippen LogP contribution in [0.5, 0.6) is 0 Å². The zero-order valence-corrected chi connectivity index (χ0v) is 21.2. The summed E-state index contributed by atoms with van der Waals surface area (Å²) in [5.41, 5.74) is 0. The van der Waals surface area contributed by atoms with E-state index in [9.17, 15) is 94.8 Å². The standard InChI is InChI=1S/C16H13F17O7.Na/c17-9(18,1-2-39-7(37)5(36)6-3(34)4(35)8(38)40-6)10(19,20)11(21,22)12(23,24)13(25,26)14(27,28)15(29,30)16(31,32)33;/h3-6,8,34-36,38H,1-2H2;/t3-,4-,5+,6+,8-;/m1./s1. The Bertz CT molecular complexity index is 929. The molecule has 1 aliphatic rings. The number of rotatable bonds is 11. The zero-order chi connectivity index (χ0) is 32.3. The van der Waals surface area contributed by atoms with Crippen molar-refractivity contribution in [2.75, 3.05) is 6.61 Å². The summed E-state index contributed by atoms with van der Waals surface area (Å²) >= 11 is 0. The molecule has 0 aromatic rings. The van der Waals surface area contributed by atoms with Crippen LogP contribution in [0, 0.1) is 0 Å². The Morgan fingerprint density at radius 2 is 1.02 bits per heavy atom. The van der Waals surface area contributed by atoms with Gasteiger partial charge < -0.3 is 29.9 Å². The van der Waals surface area contributed by atoms with Gasteiger partial charge in [-0.2, -0.15) is 74.6 Å². The van der Waals surface area contributed by atoms with E-state index in [0.29, 0.717) is 0 Å². The van der Waals surface area contributed by atoms with Gasteiger partial charge in [0.2, 0.25) is 0 Å². The molecule has 1 rings (SSSR count). The van der Waals surface area contributed by atoms with Crippen LogP contribution >= 0.6 is 0 Å². The van der Waals surface area contributed by atoms with E-state index in [1.165, 1.54) is 0 Å². The van der Waals surface area contributed by atoms with Gasteiger partial charge in [0.15, 0.2) is 12.4 Å². The van der Waals surface area contributed by atoms with Crippen LogP contribution in [0.2, 0.25) is 0 Å². The molecule has 0 spiro atoms. The number of halogens is 17. The third-order valence-electron chi connectivity index (χ3n) is 5.28. The Morgan fingerprint density at radius 3 is 1.37 bits per heavy atom. The molecule has 0 aromatic heterocycles. The van der Waals surface area contributed by atoms with E-state index >= 15 is 0 Å². The van der Waals surface area contributed by atoms with Gasteiger partial charge in [0.1, 0.15) is 18.3 Å². The summed E-state index contributed by atoms with van der Waals surface area (Å²) < 4.78 is 232. The van der Waals surface area contributed by atoms with Crippen molar-refractivity contribution in [2.45, 2.75) is 84.8 Å². The number of hydrogen-bond acceptors (Lipinski definition) is 7. The maximum Gasteiger partial charge on any atom is 0.460 e. The smallest absolute Gasteiger partial charge is 0.460 e. The Balaban J connectivity index is 0.0000160. The predicted octanol–water partition coefficient (Wildman–Crippen LogP) is 2.35. The third-order valence-corrected chi connectivity index (χ3v) is 5.28.